The number of nitrogens with zero attached hydrogens (tertiary/aromatic N) is 1. The van der Waals surface area contributed by atoms with E-state index in [0.29, 0.717) is 12.8 Å². The molecular formula is C15H26N2O3. The van der Waals surface area contributed by atoms with Gasteiger partial charge >= 0.3 is 12.0 Å². The van der Waals surface area contributed by atoms with Crippen molar-refractivity contribution < 1.29 is 14.3 Å². The van der Waals surface area contributed by atoms with Crippen molar-refractivity contribution in [2.24, 2.45) is 0 Å². The van der Waals surface area contributed by atoms with E-state index in [2.05, 4.69) is 5.32 Å². The van der Waals surface area contributed by atoms with Gasteiger partial charge in [-0.05, 0) is 39.5 Å². The van der Waals surface area contributed by atoms with E-state index < -0.39 is 5.54 Å². The lowest BCUT2D eigenvalue weighted by Crippen LogP contribution is -2.59. The Morgan fingerprint density at radius 2 is 1.65 bits per heavy atom. The van der Waals surface area contributed by atoms with Crippen LogP contribution < -0.4 is 5.32 Å². The molecule has 1 heterocycles. The number of amides is 2. The number of urea groups is 1. The number of esters is 1. The molecule has 1 saturated heterocycles. The van der Waals surface area contributed by atoms with Crippen molar-refractivity contribution in [1.29, 1.82) is 0 Å². The molecule has 2 aliphatic rings. The van der Waals surface area contributed by atoms with Gasteiger partial charge in [-0.15, -0.1) is 0 Å². The topological polar surface area (TPSA) is 58.6 Å². The molecule has 5 nitrogen and oxygen atoms in total. The van der Waals surface area contributed by atoms with Crippen LogP contribution in [0.1, 0.15) is 58.8 Å². The zero-order valence-corrected chi connectivity index (χ0v) is 12.6. The van der Waals surface area contributed by atoms with E-state index in [-0.39, 0.29) is 18.1 Å². The molecule has 2 amide bonds. The third-order valence-electron chi connectivity index (χ3n) is 4.18. The lowest BCUT2D eigenvalue weighted by molar-refractivity contribution is -0.156. The molecule has 5 heteroatoms. The predicted octanol–water partition coefficient (Wildman–Crippen LogP) is 2.45. The van der Waals surface area contributed by atoms with Crippen molar-refractivity contribution in [1.82, 2.24) is 10.2 Å². The molecule has 2 fully saturated rings. The monoisotopic (exact) mass is 282 g/mol. The van der Waals surface area contributed by atoms with Gasteiger partial charge < -0.3 is 15.0 Å². The number of nitrogens with one attached hydrogen (secondary N) is 1. The molecule has 0 bridgehead atoms. The Morgan fingerprint density at radius 1 is 1.05 bits per heavy atom. The van der Waals surface area contributed by atoms with Gasteiger partial charge in [-0.1, -0.05) is 19.3 Å². The summed E-state index contributed by atoms with van der Waals surface area (Å²) in [6.45, 7) is 5.27. The highest BCUT2D eigenvalue weighted by Gasteiger charge is 2.43. The number of hydrogen-bond donors (Lipinski definition) is 1. The maximum absolute atomic E-state index is 12.4. The molecule has 0 unspecified atom stereocenters. The van der Waals surface area contributed by atoms with Crippen molar-refractivity contribution in [3.05, 3.63) is 0 Å². The van der Waals surface area contributed by atoms with Crippen molar-refractivity contribution in [2.45, 2.75) is 70.4 Å². The first kappa shape index (κ1) is 15.1. The minimum absolute atomic E-state index is 0.106. The number of ether oxygens (including phenoxy) is 1. The SMILES string of the molecule is CC(C)OC(=O)C1(NC(=O)N2CCCC2)CCCCC1. The van der Waals surface area contributed by atoms with Crippen LogP contribution in [-0.4, -0.2) is 41.6 Å². The van der Waals surface area contributed by atoms with Crippen LogP contribution in [0.15, 0.2) is 0 Å². The summed E-state index contributed by atoms with van der Waals surface area (Å²) in [6.07, 6.45) is 6.39. The van der Waals surface area contributed by atoms with Gasteiger partial charge in [0.2, 0.25) is 0 Å². The maximum atomic E-state index is 12.4. The third kappa shape index (κ3) is 3.44. The molecule has 1 aliphatic carbocycles. The van der Waals surface area contributed by atoms with Gasteiger partial charge in [-0.2, -0.15) is 0 Å². The summed E-state index contributed by atoms with van der Waals surface area (Å²) >= 11 is 0. The minimum Gasteiger partial charge on any atom is -0.461 e. The first-order chi connectivity index (χ1) is 9.53. The lowest BCUT2D eigenvalue weighted by atomic mass is 9.81. The highest BCUT2D eigenvalue weighted by atomic mass is 16.5. The molecule has 1 saturated carbocycles. The van der Waals surface area contributed by atoms with E-state index in [9.17, 15) is 9.59 Å². The van der Waals surface area contributed by atoms with Crippen molar-refractivity contribution in [3.8, 4) is 0 Å². The molecular weight excluding hydrogens is 256 g/mol. The Morgan fingerprint density at radius 3 is 2.20 bits per heavy atom. The molecule has 2 rings (SSSR count). The Bertz CT molecular complexity index is 356. The number of hydrogen-bond acceptors (Lipinski definition) is 3. The molecule has 0 aromatic heterocycles. The largest absolute Gasteiger partial charge is 0.461 e. The smallest absolute Gasteiger partial charge is 0.332 e. The van der Waals surface area contributed by atoms with Gasteiger partial charge in [0.05, 0.1) is 6.10 Å². The van der Waals surface area contributed by atoms with Crippen LogP contribution >= 0.6 is 0 Å². The highest BCUT2D eigenvalue weighted by molar-refractivity contribution is 5.87. The molecule has 0 spiro atoms. The number of carbonyl (C=O) groups is 2. The van der Waals surface area contributed by atoms with Crippen LogP contribution in [0.4, 0.5) is 4.79 Å². The van der Waals surface area contributed by atoms with Crippen LogP contribution in [0.3, 0.4) is 0 Å². The fraction of sp³-hybridized carbons (Fsp3) is 0.867. The van der Waals surface area contributed by atoms with Crippen molar-refractivity contribution in [3.63, 3.8) is 0 Å². The van der Waals surface area contributed by atoms with Crippen LogP contribution in [-0.2, 0) is 9.53 Å². The second-order valence-electron chi connectivity index (χ2n) is 6.22. The maximum Gasteiger partial charge on any atom is 0.332 e. The Kier molecular flexibility index (Phi) is 4.89. The first-order valence-corrected chi connectivity index (χ1v) is 7.82. The third-order valence-corrected chi connectivity index (χ3v) is 4.18. The van der Waals surface area contributed by atoms with Crippen LogP contribution in [0.2, 0.25) is 0 Å². The lowest BCUT2D eigenvalue weighted by Gasteiger charge is -2.37. The van der Waals surface area contributed by atoms with Gasteiger partial charge in [0.15, 0.2) is 0 Å². The summed E-state index contributed by atoms with van der Waals surface area (Å²) in [5, 5.41) is 2.99. The average Bonchev–Trinajstić information content (AvgIpc) is 2.93. The van der Waals surface area contributed by atoms with Gasteiger partial charge in [0, 0.05) is 13.1 Å². The Balaban J connectivity index is 2.05. The van der Waals surface area contributed by atoms with Gasteiger partial charge in [-0.3, -0.25) is 0 Å². The van der Waals surface area contributed by atoms with E-state index >= 15 is 0 Å². The van der Waals surface area contributed by atoms with Gasteiger partial charge in [0.25, 0.3) is 0 Å². The average molecular weight is 282 g/mol. The molecule has 114 valence electrons. The number of carbonyl (C=O) groups excluding carboxylic acids is 2. The van der Waals surface area contributed by atoms with E-state index in [1.165, 1.54) is 0 Å². The zero-order chi connectivity index (χ0) is 14.6. The highest BCUT2D eigenvalue weighted by Crippen LogP contribution is 2.30. The molecule has 1 N–H and O–H groups in total. The van der Waals surface area contributed by atoms with Crippen LogP contribution in [0.5, 0.6) is 0 Å². The second kappa shape index (κ2) is 6.46. The molecule has 0 atom stereocenters. The number of rotatable bonds is 3. The second-order valence-corrected chi connectivity index (χ2v) is 6.22. The van der Waals surface area contributed by atoms with Crippen LogP contribution in [0.25, 0.3) is 0 Å². The first-order valence-electron chi connectivity index (χ1n) is 7.82. The van der Waals surface area contributed by atoms with E-state index in [4.69, 9.17) is 4.74 Å². The fourth-order valence-corrected chi connectivity index (χ4v) is 3.07. The summed E-state index contributed by atoms with van der Waals surface area (Å²) in [7, 11) is 0. The van der Waals surface area contributed by atoms with E-state index in [1.807, 2.05) is 13.8 Å². The summed E-state index contributed by atoms with van der Waals surface area (Å²) in [5.74, 6) is -0.264. The van der Waals surface area contributed by atoms with Gasteiger partial charge in [-0.25, -0.2) is 9.59 Å². The summed E-state index contributed by atoms with van der Waals surface area (Å²) in [6, 6.07) is -0.106. The fourth-order valence-electron chi connectivity index (χ4n) is 3.07. The van der Waals surface area contributed by atoms with E-state index in [1.54, 1.807) is 4.90 Å². The molecule has 0 aromatic carbocycles. The van der Waals surface area contributed by atoms with Crippen molar-refractivity contribution >= 4 is 12.0 Å². The Hall–Kier alpha value is -1.26. The summed E-state index contributed by atoms with van der Waals surface area (Å²) in [4.78, 5) is 26.5. The minimum atomic E-state index is -0.803. The number of likely N-dealkylation sites (tertiary alicyclic amines) is 1. The normalized spacial score (nSPS) is 21.9. The summed E-state index contributed by atoms with van der Waals surface area (Å²) < 4.78 is 5.38. The zero-order valence-electron chi connectivity index (χ0n) is 12.6. The predicted molar refractivity (Wildman–Crippen MR) is 76.4 cm³/mol. The molecule has 0 aromatic rings. The molecule has 0 radical (unpaired) electrons. The standard InChI is InChI=1S/C15H26N2O3/c1-12(2)20-13(18)15(8-4-3-5-9-15)16-14(19)17-10-6-7-11-17/h12H,3-11H2,1-2H3,(H,16,19). The quantitative estimate of drug-likeness (QED) is 0.809. The molecule has 1 aliphatic heterocycles. The van der Waals surface area contributed by atoms with Crippen LogP contribution in [0, 0.1) is 0 Å². The van der Waals surface area contributed by atoms with Gasteiger partial charge in [0.1, 0.15) is 5.54 Å². The Labute approximate surface area is 121 Å². The van der Waals surface area contributed by atoms with Crippen molar-refractivity contribution in [2.75, 3.05) is 13.1 Å². The molecule has 20 heavy (non-hydrogen) atoms. The van der Waals surface area contributed by atoms with E-state index in [0.717, 1.165) is 45.2 Å². The summed E-state index contributed by atoms with van der Waals surface area (Å²) in [5.41, 5.74) is -0.803.